The summed E-state index contributed by atoms with van der Waals surface area (Å²) in [7, 11) is 0. The second-order valence-corrected chi connectivity index (χ2v) is 8.11. The van der Waals surface area contributed by atoms with Gasteiger partial charge in [-0.1, -0.05) is 0 Å². The Balaban J connectivity index is 1.83. The summed E-state index contributed by atoms with van der Waals surface area (Å²) in [6.07, 6.45) is 1.51. The standard InChI is InChI=1S/C15H22BrN3O2S/c1-2-19(9-12-3-4-13(16)22-12)14(20)10-18-7-5-11(6-8-18)15(17)21/h3-4,11H,2,5-10H2,1H3,(H2,17,21). The number of likely N-dealkylation sites (N-methyl/N-ethyl adjacent to an activating group) is 1. The smallest absolute Gasteiger partial charge is 0.237 e. The molecule has 0 bridgehead atoms. The Morgan fingerprint density at radius 1 is 1.41 bits per heavy atom. The van der Waals surface area contributed by atoms with Crippen molar-refractivity contribution in [2.75, 3.05) is 26.2 Å². The second kappa shape index (κ2) is 8.08. The Morgan fingerprint density at radius 2 is 2.09 bits per heavy atom. The molecule has 22 heavy (non-hydrogen) atoms. The summed E-state index contributed by atoms with van der Waals surface area (Å²) >= 11 is 5.10. The highest BCUT2D eigenvalue weighted by atomic mass is 79.9. The predicted molar refractivity (Wildman–Crippen MR) is 91.5 cm³/mol. The number of carbonyl (C=O) groups is 2. The topological polar surface area (TPSA) is 66.6 Å². The van der Waals surface area contributed by atoms with Crippen LogP contribution in [-0.4, -0.2) is 47.8 Å². The van der Waals surface area contributed by atoms with E-state index in [2.05, 4.69) is 20.8 Å². The Kier molecular flexibility index (Phi) is 6.40. The summed E-state index contributed by atoms with van der Waals surface area (Å²) in [5.41, 5.74) is 5.34. The molecule has 1 aromatic heterocycles. The molecule has 0 spiro atoms. The first-order valence-electron chi connectivity index (χ1n) is 7.53. The number of likely N-dealkylation sites (tertiary alicyclic amines) is 1. The van der Waals surface area contributed by atoms with Crippen molar-refractivity contribution in [3.8, 4) is 0 Å². The third-order valence-corrected chi connectivity index (χ3v) is 5.67. The van der Waals surface area contributed by atoms with E-state index in [1.165, 1.54) is 4.88 Å². The van der Waals surface area contributed by atoms with E-state index in [-0.39, 0.29) is 17.7 Å². The maximum atomic E-state index is 12.5. The number of amides is 2. The number of primary amides is 1. The molecule has 122 valence electrons. The molecule has 1 fully saturated rings. The molecule has 2 heterocycles. The molecule has 0 atom stereocenters. The molecule has 2 N–H and O–H groups in total. The van der Waals surface area contributed by atoms with Crippen LogP contribution in [0.25, 0.3) is 0 Å². The summed E-state index contributed by atoms with van der Waals surface area (Å²) in [6.45, 7) is 5.31. The maximum absolute atomic E-state index is 12.5. The highest BCUT2D eigenvalue weighted by Gasteiger charge is 2.25. The zero-order valence-corrected chi connectivity index (χ0v) is 15.2. The first kappa shape index (κ1) is 17.4. The van der Waals surface area contributed by atoms with Crippen molar-refractivity contribution in [2.45, 2.75) is 26.3 Å². The van der Waals surface area contributed by atoms with Gasteiger partial charge < -0.3 is 10.6 Å². The van der Waals surface area contributed by atoms with Crippen LogP contribution in [0.4, 0.5) is 0 Å². The lowest BCUT2D eigenvalue weighted by Gasteiger charge is -2.31. The fourth-order valence-corrected chi connectivity index (χ4v) is 4.17. The Bertz CT molecular complexity index is 527. The molecule has 0 aromatic carbocycles. The van der Waals surface area contributed by atoms with E-state index in [0.717, 1.165) is 29.7 Å². The summed E-state index contributed by atoms with van der Waals surface area (Å²) in [5, 5.41) is 0. The molecule has 1 aliphatic heterocycles. The van der Waals surface area contributed by atoms with Gasteiger partial charge in [0, 0.05) is 17.3 Å². The van der Waals surface area contributed by atoms with Crippen molar-refractivity contribution in [1.82, 2.24) is 9.80 Å². The van der Waals surface area contributed by atoms with Gasteiger partial charge >= 0.3 is 0 Å². The number of halogens is 1. The molecular formula is C15H22BrN3O2S. The number of nitrogens with zero attached hydrogens (tertiary/aromatic N) is 2. The van der Waals surface area contributed by atoms with Crippen LogP contribution in [0.3, 0.4) is 0 Å². The fourth-order valence-electron chi connectivity index (χ4n) is 2.67. The third kappa shape index (κ3) is 4.79. The zero-order chi connectivity index (χ0) is 16.1. The van der Waals surface area contributed by atoms with E-state index >= 15 is 0 Å². The molecule has 0 unspecified atom stereocenters. The normalized spacial score (nSPS) is 16.6. The van der Waals surface area contributed by atoms with Gasteiger partial charge in [0.1, 0.15) is 0 Å². The van der Waals surface area contributed by atoms with Gasteiger partial charge in [-0.3, -0.25) is 14.5 Å². The van der Waals surface area contributed by atoms with Gasteiger partial charge in [-0.05, 0) is 60.9 Å². The first-order valence-corrected chi connectivity index (χ1v) is 9.14. The minimum absolute atomic E-state index is 0.0305. The van der Waals surface area contributed by atoms with E-state index in [9.17, 15) is 9.59 Å². The molecule has 5 nitrogen and oxygen atoms in total. The molecule has 1 aromatic rings. The lowest BCUT2D eigenvalue weighted by molar-refractivity contribution is -0.133. The van der Waals surface area contributed by atoms with Crippen molar-refractivity contribution in [3.63, 3.8) is 0 Å². The third-order valence-electron chi connectivity index (χ3n) is 4.06. The number of carbonyl (C=O) groups excluding carboxylic acids is 2. The van der Waals surface area contributed by atoms with Crippen molar-refractivity contribution >= 4 is 39.1 Å². The Morgan fingerprint density at radius 3 is 2.59 bits per heavy atom. The molecule has 0 aliphatic carbocycles. The van der Waals surface area contributed by atoms with Crippen molar-refractivity contribution in [2.24, 2.45) is 11.7 Å². The highest BCUT2D eigenvalue weighted by molar-refractivity contribution is 9.11. The number of hydrogen-bond acceptors (Lipinski definition) is 4. The number of hydrogen-bond donors (Lipinski definition) is 1. The van der Waals surface area contributed by atoms with E-state index < -0.39 is 0 Å². The average molecular weight is 388 g/mol. The van der Waals surface area contributed by atoms with Gasteiger partial charge in [-0.25, -0.2) is 0 Å². The van der Waals surface area contributed by atoms with Crippen LogP contribution < -0.4 is 5.73 Å². The minimum Gasteiger partial charge on any atom is -0.369 e. The van der Waals surface area contributed by atoms with Crippen LogP contribution in [0.15, 0.2) is 15.9 Å². The van der Waals surface area contributed by atoms with Crippen LogP contribution in [0.2, 0.25) is 0 Å². The average Bonchev–Trinajstić information content (AvgIpc) is 2.90. The molecule has 7 heteroatoms. The van der Waals surface area contributed by atoms with Gasteiger partial charge in [0.05, 0.1) is 16.9 Å². The van der Waals surface area contributed by atoms with Gasteiger partial charge in [-0.2, -0.15) is 0 Å². The van der Waals surface area contributed by atoms with E-state index in [1.807, 2.05) is 24.0 Å². The lowest BCUT2D eigenvalue weighted by atomic mass is 9.96. The molecule has 1 aliphatic rings. The van der Waals surface area contributed by atoms with Gasteiger partial charge in [0.2, 0.25) is 11.8 Å². The molecular weight excluding hydrogens is 366 g/mol. The van der Waals surface area contributed by atoms with E-state index in [0.29, 0.717) is 19.6 Å². The summed E-state index contributed by atoms with van der Waals surface area (Å²) in [4.78, 5) is 28.8. The lowest BCUT2D eigenvalue weighted by Crippen LogP contribution is -2.44. The number of thiophene rings is 1. The highest BCUT2D eigenvalue weighted by Crippen LogP contribution is 2.23. The van der Waals surface area contributed by atoms with Crippen LogP contribution in [0.5, 0.6) is 0 Å². The van der Waals surface area contributed by atoms with Crippen molar-refractivity contribution in [1.29, 1.82) is 0 Å². The number of piperidine rings is 1. The SMILES string of the molecule is CCN(Cc1ccc(Br)s1)C(=O)CN1CCC(C(N)=O)CC1. The molecule has 2 rings (SSSR count). The second-order valence-electron chi connectivity index (χ2n) is 5.57. The quantitative estimate of drug-likeness (QED) is 0.811. The maximum Gasteiger partial charge on any atom is 0.237 e. The molecule has 0 saturated carbocycles. The Labute approximate surface area is 143 Å². The van der Waals surface area contributed by atoms with Crippen molar-refractivity contribution < 1.29 is 9.59 Å². The van der Waals surface area contributed by atoms with Gasteiger partial charge in [0.15, 0.2) is 0 Å². The number of rotatable bonds is 6. The summed E-state index contributed by atoms with van der Waals surface area (Å²) in [5.74, 6) is -0.105. The van der Waals surface area contributed by atoms with Gasteiger partial charge in [0.25, 0.3) is 0 Å². The van der Waals surface area contributed by atoms with E-state index in [4.69, 9.17) is 5.73 Å². The number of nitrogens with two attached hydrogens (primary N) is 1. The monoisotopic (exact) mass is 387 g/mol. The zero-order valence-electron chi connectivity index (χ0n) is 12.8. The van der Waals surface area contributed by atoms with Crippen LogP contribution >= 0.6 is 27.3 Å². The van der Waals surface area contributed by atoms with E-state index in [1.54, 1.807) is 11.3 Å². The molecule has 2 amide bonds. The van der Waals surface area contributed by atoms with Crippen molar-refractivity contribution in [3.05, 3.63) is 20.8 Å². The predicted octanol–water partition coefficient (Wildman–Crippen LogP) is 2.06. The summed E-state index contributed by atoms with van der Waals surface area (Å²) < 4.78 is 1.08. The Hall–Kier alpha value is -0.920. The minimum atomic E-state index is -0.218. The largest absolute Gasteiger partial charge is 0.369 e. The summed E-state index contributed by atoms with van der Waals surface area (Å²) in [6, 6.07) is 4.05. The van der Waals surface area contributed by atoms with Crippen LogP contribution in [0, 0.1) is 5.92 Å². The van der Waals surface area contributed by atoms with Crippen LogP contribution in [-0.2, 0) is 16.1 Å². The first-order chi connectivity index (χ1) is 10.5. The fraction of sp³-hybridized carbons (Fsp3) is 0.600. The van der Waals surface area contributed by atoms with Gasteiger partial charge in [-0.15, -0.1) is 11.3 Å². The van der Waals surface area contributed by atoms with Crippen LogP contribution in [0.1, 0.15) is 24.6 Å². The molecule has 1 saturated heterocycles. The molecule has 0 radical (unpaired) electrons.